The minimum absolute atomic E-state index is 0.484. The molecule has 0 atom stereocenters. The third kappa shape index (κ3) is 4.19. The van der Waals surface area contributed by atoms with Crippen LogP contribution in [0.3, 0.4) is 0 Å². The zero-order valence-electron chi connectivity index (χ0n) is 19.2. The summed E-state index contributed by atoms with van der Waals surface area (Å²) in [5.74, 6) is 1.25. The Balaban J connectivity index is 1.52. The van der Waals surface area contributed by atoms with Gasteiger partial charge in [-0.3, -0.25) is 0 Å². The number of benzene rings is 4. The van der Waals surface area contributed by atoms with E-state index in [9.17, 15) is 0 Å². The van der Waals surface area contributed by atoms with Crippen LogP contribution in [-0.2, 0) is 0 Å². The molecule has 2 aromatic heterocycles. The summed E-state index contributed by atoms with van der Waals surface area (Å²) in [4.78, 5) is 13.6. The van der Waals surface area contributed by atoms with Crippen LogP contribution in [0.1, 0.15) is 5.56 Å². The average molecular weight is 486 g/mol. The minimum atomic E-state index is 0.484. The molecule has 0 fully saturated rings. The molecule has 0 amide bonds. The lowest BCUT2D eigenvalue weighted by atomic mass is 9.97. The van der Waals surface area contributed by atoms with Crippen molar-refractivity contribution in [2.45, 2.75) is 0 Å². The predicted octanol–water partition coefficient (Wildman–Crippen LogP) is 8.63. The van der Waals surface area contributed by atoms with Crippen LogP contribution in [0, 0.1) is 0 Å². The molecule has 0 spiro atoms. The maximum Gasteiger partial charge on any atom is 0.232 e. The average Bonchev–Trinajstić information content (AvgIpc) is 3.34. The maximum absolute atomic E-state index is 6.35. The molecule has 6 rings (SSSR count). The molecular weight excluding hydrogens is 466 g/mol. The molecule has 4 nitrogen and oxygen atoms in total. The monoisotopic (exact) mass is 485 g/mol. The Morgan fingerprint density at radius 3 is 1.97 bits per heavy atom. The molecule has 2 heterocycles. The molecule has 172 valence electrons. The fourth-order valence-corrected chi connectivity index (χ4v) is 4.44. The zero-order valence-corrected chi connectivity index (χ0v) is 19.9. The molecule has 0 unspecified atom stereocenters. The van der Waals surface area contributed by atoms with Crippen LogP contribution in [0.5, 0.6) is 0 Å². The summed E-state index contributed by atoms with van der Waals surface area (Å²) in [6, 6.07) is 36.4. The van der Waals surface area contributed by atoms with Gasteiger partial charge in [0.25, 0.3) is 0 Å². The molecule has 0 saturated heterocycles. The molecule has 6 aromatic rings. The van der Waals surface area contributed by atoms with Crippen molar-refractivity contribution < 1.29 is 4.42 Å². The second kappa shape index (κ2) is 9.61. The second-order valence-corrected chi connectivity index (χ2v) is 8.68. The number of aliphatic imine (C=N–C) groups is 1. The first-order chi connectivity index (χ1) is 17.8. The SMILES string of the molecule is Clc1ccccc1C=Nc1ncnc2oc(-c3ccc(-c4ccccc4)cc3)c(-c3ccccc3)c12. The molecule has 5 heteroatoms. The summed E-state index contributed by atoms with van der Waals surface area (Å²) in [7, 11) is 0. The van der Waals surface area contributed by atoms with E-state index in [-0.39, 0.29) is 0 Å². The van der Waals surface area contributed by atoms with Crippen LogP contribution in [0.4, 0.5) is 5.82 Å². The van der Waals surface area contributed by atoms with Gasteiger partial charge in [0.2, 0.25) is 5.71 Å². The van der Waals surface area contributed by atoms with Crippen molar-refractivity contribution >= 4 is 34.7 Å². The van der Waals surface area contributed by atoms with E-state index in [0.717, 1.165) is 39.0 Å². The standard InChI is InChI=1S/C31H20ClN3O/c32-26-14-8-7-13-25(26)19-33-30-28-27(23-11-5-2-6-12-23)29(36-31(28)35-20-34-30)24-17-15-22(16-18-24)21-9-3-1-4-10-21/h1-20H. The van der Waals surface area contributed by atoms with Crippen molar-refractivity contribution in [1.29, 1.82) is 0 Å². The number of fused-ring (bicyclic) bond motifs is 1. The van der Waals surface area contributed by atoms with Crippen molar-refractivity contribution in [3.05, 3.63) is 126 Å². The smallest absolute Gasteiger partial charge is 0.232 e. The first-order valence-electron chi connectivity index (χ1n) is 11.6. The molecular formula is C31H20ClN3O. The molecule has 0 saturated carbocycles. The lowest BCUT2D eigenvalue weighted by Crippen LogP contribution is -1.86. The fourth-order valence-electron chi connectivity index (χ4n) is 4.25. The highest BCUT2D eigenvalue weighted by Crippen LogP contribution is 2.43. The van der Waals surface area contributed by atoms with Gasteiger partial charge in [-0.25, -0.2) is 15.0 Å². The van der Waals surface area contributed by atoms with E-state index in [1.807, 2.05) is 60.7 Å². The van der Waals surface area contributed by atoms with Crippen molar-refractivity contribution in [2.24, 2.45) is 4.99 Å². The number of furan rings is 1. The molecule has 0 aliphatic heterocycles. The van der Waals surface area contributed by atoms with Gasteiger partial charge in [-0.2, -0.15) is 0 Å². The quantitative estimate of drug-likeness (QED) is 0.229. The summed E-state index contributed by atoms with van der Waals surface area (Å²) in [5, 5.41) is 1.38. The Labute approximate surface area is 213 Å². The van der Waals surface area contributed by atoms with Crippen LogP contribution >= 0.6 is 11.6 Å². The van der Waals surface area contributed by atoms with Gasteiger partial charge in [0, 0.05) is 27.9 Å². The summed E-state index contributed by atoms with van der Waals surface area (Å²) in [6.45, 7) is 0. The van der Waals surface area contributed by atoms with Crippen LogP contribution in [0.2, 0.25) is 5.02 Å². The van der Waals surface area contributed by atoms with Gasteiger partial charge >= 0.3 is 0 Å². The van der Waals surface area contributed by atoms with E-state index in [1.165, 1.54) is 11.9 Å². The van der Waals surface area contributed by atoms with E-state index >= 15 is 0 Å². The van der Waals surface area contributed by atoms with Crippen molar-refractivity contribution in [3.8, 4) is 33.6 Å². The predicted molar refractivity (Wildman–Crippen MR) is 147 cm³/mol. The molecule has 0 aliphatic rings. The normalized spacial score (nSPS) is 11.4. The Bertz CT molecular complexity index is 1670. The lowest BCUT2D eigenvalue weighted by Gasteiger charge is -2.06. The van der Waals surface area contributed by atoms with E-state index < -0.39 is 0 Å². The summed E-state index contributed by atoms with van der Waals surface area (Å²) in [6.07, 6.45) is 3.20. The van der Waals surface area contributed by atoms with Crippen LogP contribution in [-0.4, -0.2) is 16.2 Å². The number of aromatic nitrogens is 2. The Kier molecular flexibility index (Phi) is 5.86. The number of nitrogens with zero attached hydrogens (tertiary/aromatic N) is 3. The fraction of sp³-hybridized carbons (Fsp3) is 0. The van der Waals surface area contributed by atoms with Crippen LogP contribution < -0.4 is 0 Å². The first kappa shape index (κ1) is 22.0. The number of hydrogen-bond acceptors (Lipinski definition) is 4. The zero-order chi connectivity index (χ0) is 24.3. The molecule has 36 heavy (non-hydrogen) atoms. The van der Waals surface area contributed by atoms with E-state index in [1.54, 1.807) is 6.21 Å². The molecule has 0 bridgehead atoms. The van der Waals surface area contributed by atoms with Crippen molar-refractivity contribution in [2.75, 3.05) is 0 Å². The third-order valence-corrected chi connectivity index (χ3v) is 6.36. The van der Waals surface area contributed by atoms with Gasteiger partial charge < -0.3 is 4.42 Å². The first-order valence-corrected chi connectivity index (χ1v) is 11.9. The number of halogens is 1. The Hall–Kier alpha value is -4.54. The Morgan fingerprint density at radius 1 is 0.639 bits per heavy atom. The minimum Gasteiger partial charge on any atom is -0.437 e. The maximum atomic E-state index is 6.35. The van der Waals surface area contributed by atoms with Gasteiger partial charge in [-0.15, -0.1) is 0 Å². The van der Waals surface area contributed by atoms with Gasteiger partial charge in [0.05, 0.1) is 5.39 Å². The van der Waals surface area contributed by atoms with Crippen molar-refractivity contribution in [1.82, 2.24) is 9.97 Å². The van der Waals surface area contributed by atoms with Crippen LogP contribution in [0.25, 0.3) is 44.7 Å². The Morgan fingerprint density at radius 2 is 1.25 bits per heavy atom. The number of rotatable bonds is 5. The summed E-state index contributed by atoms with van der Waals surface area (Å²) < 4.78 is 6.35. The summed E-state index contributed by atoms with van der Waals surface area (Å²) in [5.41, 5.74) is 6.46. The highest BCUT2D eigenvalue weighted by molar-refractivity contribution is 6.33. The van der Waals surface area contributed by atoms with Crippen molar-refractivity contribution in [3.63, 3.8) is 0 Å². The third-order valence-electron chi connectivity index (χ3n) is 6.02. The van der Waals surface area contributed by atoms with E-state index in [4.69, 9.17) is 21.0 Å². The molecule has 0 radical (unpaired) electrons. The topological polar surface area (TPSA) is 51.3 Å². The largest absolute Gasteiger partial charge is 0.437 e. The van der Waals surface area contributed by atoms with Crippen LogP contribution in [0.15, 0.2) is 125 Å². The lowest BCUT2D eigenvalue weighted by molar-refractivity contribution is 0.618. The van der Waals surface area contributed by atoms with Gasteiger partial charge in [0.15, 0.2) is 5.82 Å². The number of hydrogen-bond donors (Lipinski definition) is 0. The van der Waals surface area contributed by atoms with Gasteiger partial charge in [-0.1, -0.05) is 115 Å². The van der Waals surface area contributed by atoms with E-state index in [0.29, 0.717) is 16.6 Å². The van der Waals surface area contributed by atoms with Gasteiger partial charge in [-0.05, 0) is 22.8 Å². The molecule has 0 N–H and O–H groups in total. The molecule has 4 aromatic carbocycles. The highest BCUT2D eigenvalue weighted by Gasteiger charge is 2.22. The molecule has 0 aliphatic carbocycles. The summed E-state index contributed by atoms with van der Waals surface area (Å²) >= 11 is 6.33. The second-order valence-electron chi connectivity index (χ2n) is 8.27. The van der Waals surface area contributed by atoms with Gasteiger partial charge in [0.1, 0.15) is 12.1 Å². The van der Waals surface area contributed by atoms with E-state index in [2.05, 4.69) is 58.5 Å². The highest BCUT2D eigenvalue weighted by atomic mass is 35.5.